The van der Waals surface area contributed by atoms with Crippen LogP contribution in [0.2, 0.25) is 0 Å². The number of hydrogen-bond acceptors (Lipinski definition) is 5. The minimum Gasteiger partial charge on any atom is -0.338 e. The van der Waals surface area contributed by atoms with Gasteiger partial charge in [-0.3, -0.25) is 4.90 Å². The van der Waals surface area contributed by atoms with Crippen LogP contribution in [0.4, 0.5) is 4.39 Å². The lowest BCUT2D eigenvalue weighted by molar-refractivity contribution is 0.203. The van der Waals surface area contributed by atoms with Crippen LogP contribution in [0.3, 0.4) is 0 Å². The first kappa shape index (κ1) is 18.0. The van der Waals surface area contributed by atoms with Gasteiger partial charge in [0.1, 0.15) is 11.6 Å². The van der Waals surface area contributed by atoms with Crippen molar-refractivity contribution in [2.75, 3.05) is 6.54 Å². The molecule has 29 heavy (non-hydrogen) atoms. The summed E-state index contributed by atoms with van der Waals surface area (Å²) >= 11 is 0. The molecule has 3 heterocycles. The fourth-order valence-electron chi connectivity index (χ4n) is 4.20. The van der Waals surface area contributed by atoms with Crippen LogP contribution in [0.25, 0.3) is 22.4 Å². The van der Waals surface area contributed by atoms with Gasteiger partial charge in [0.2, 0.25) is 11.7 Å². The zero-order chi connectivity index (χ0) is 19.8. The summed E-state index contributed by atoms with van der Waals surface area (Å²) in [6.45, 7) is 4.58. The molecule has 6 nitrogen and oxygen atoms in total. The highest BCUT2D eigenvalue weighted by Crippen LogP contribution is 2.34. The smallest absolute Gasteiger partial charge is 0.241 e. The van der Waals surface area contributed by atoms with E-state index in [1.54, 1.807) is 12.1 Å². The highest BCUT2D eigenvalue weighted by Gasteiger charge is 2.31. The number of likely N-dealkylation sites (tertiary alicyclic amines) is 1. The van der Waals surface area contributed by atoms with E-state index in [0.29, 0.717) is 18.3 Å². The predicted molar refractivity (Wildman–Crippen MR) is 107 cm³/mol. The van der Waals surface area contributed by atoms with Crippen molar-refractivity contribution in [3.63, 3.8) is 0 Å². The van der Waals surface area contributed by atoms with Gasteiger partial charge in [-0.2, -0.15) is 4.98 Å². The molecular weight excluding hydrogens is 369 g/mol. The average molecular weight is 391 g/mol. The molecule has 148 valence electrons. The molecule has 1 aliphatic rings. The third kappa shape index (κ3) is 3.31. The minimum absolute atomic E-state index is 0.225. The van der Waals surface area contributed by atoms with Gasteiger partial charge in [-0.1, -0.05) is 17.3 Å². The van der Waals surface area contributed by atoms with E-state index in [-0.39, 0.29) is 11.9 Å². The highest BCUT2D eigenvalue weighted by molar-refractivity contribution is 5.76. The highest BCUT2D eigenvalue weighted by atomic mass is 19.1. The van der Waals surface area contributed by atoms with Crippen molar-refractivity contribution in [3.05, 3.63) is 66.1 Å². The summed E-state index contributed by atoms with van der Waals surface area (Å²) in [7, 11) is 0. The molecule has 0 bridgehead atoms. The molecule has 7 heteroatoms. The predicted octanol–water partition coefficient (Wildman–Crippen LogP) is 4.58. The largest absolute Gasteiger partial charge is 0.338 e. The van der Waals surface area contributed by atoms with Gasteiger partial charge in [0, 0.05) is 12.1 Å². The van der Waals surface area contributed by atoms with E-state index >= 15 is 0 Å². The van der Waals surface area contributed by atoms with E-state index in [1.165, 1.54) is 17.6 Å². The summed E-state index contributed by atoms with van der Waals surface area (Å²) in [6, 6.07) is 14.6. The molecule has 1 saturated heterocycles. The van der Waals surface area contributed by atoms with Gasteiger partial charge in [-0.05, 0) is 62.7 Å². The summed E-state index contributed by atoms with van der Waals surface area (Å²) in [5.74, 6) is 1.87. The van der Waals surface area contributed by atoms with Gasteiger partial charge in [-0.15, -0.1) is 0 Å². The molecule has 0 spiro atoms. The van der Waals surface area contributed by atoms with Crippen molar-refractivity contribution in [1.82, 2.24) is 24.6 Å². The van der Waals surface area contributed by atoms with Gasteiger partial charge in [0.25, 0.3) is 0 Å². The molecule has 0 amide bonds. The fraction of sp³-hybridized carbons (Fsp3) is 0.318. The second-order valence-corrected chi connectivity index (χ2v) is 7.35. The number of halogens is 1. The Morgan fingerprint density at radius 2 is 1.93 bits per heavy atom. The first-order valence-electron chi connectivity index (χ1n) is 10.0. The number of aryl methyl sites for hydroxylation is 1. The van der Waals surface area contributed by atoms with E-state index in [0.717, 1.165) is 42.8 Å². The number of imidazole rings is 1. The Labute approximate surface area is 168 Å². The van der Waals surface area contributed by atoms with Crippen LogP contribution in [0.1, 0.15) is 37.5 Å². The van der Waals surface area contributed by atoms with Crippen molar-refractivity contribution in [3.8, 4) is 11.4 Å². The molecule has 0 unspecified atom stereocenters. The van der Waals surface area contributed by atoms with Crippen LogP contribution in [-0.2, 0) is 13.1 Å². The van der Waals surface area contributed by atoms with Crippen LogP contribution >= 0.6 is 0 Å². The normalized spacial score (nSPS) is 17.4. The average Bonchev–Trinajstić information content (AvgIpc) is 3.46. The molecular formula is C22H22FN5O. The van der Waals surface area contributed by atoms with E-state index < -0.39 is 0 Å². The van der Waals surface area contributed by atoms with Crippen LogP contribution in [0, 0.1) is 5.82 Å². The van der Waals surface area contributed by atoms with Crippen molar-refractivity contribution >= 4 is 11.0 Å². The molecule has 0 radical (unpaired) electrons. The summed E-state index contributed by atoms with van der Waals surface area (Å²) in [5, 5.41) is 4.07. The molecule has 1 atom stereocenters. The van der Waals surface area contributed by atoms with Gasteiger partial charge in [0.15, 0.2) is 0 Å². The van der Waals surface area contributed by atoms with Crippen LogP contribution < -0.4 is 0 Å². The van der Waals surface area contributed by atoms with Crippen molar-refractivity contribution in [1.29, 1.82) is 0 Å². The Kier molecular flexibility index (Phi) is 4.60. The number of fused-ring (bicyclic) bond motifs is 1. The fourth-order valence-corrected chi connectivity index (χ4v) is 4.20. The SMILES string of the molecule is CCn1c([C@H]2CCCN2Cc2nc(-c3ccc(F)cc3)no2)nc2ccccc21. The Bertz CT molecular complexity index is 1130. The summed E-state index contributed by atoms with van der Waals surface area (Å²) in [4.78, 5) is 11.8. The van der Waals surface area contributed by atoms with E-state index in [1.807, 2.05) is 6.07 Å². The Hall–Kier alpha value is -3.06. The molecule has 0 saturated carbocycles. The molecule has 2 aromatic heterocycles. The maximum absolute atomic E-state index is 13.1. The van der Waals surface area contributed by atoms with Crippen LogP contribution in [-0.4, -0.2) is 31.1 Å². The Balaban J connectivity index is 1.40. The second kappa shape index (κ2) is 7.40. The lowest BCUT2D eigenvalue weighted by Gasteiger charge is -2.23. The lowest BCUT2D eigenvalue weighted by atomic mass is 10.2. The zero-order valence-corrected chi connectivity index (χ0v) is 16.3. The maximum atomic E-state index is 13.1. The molecule has 5 rings (SSSR count). The number of hydrogen-bond donors (Lipinski definition) is 0. The third-order valence-electron chi connectivity index (χ3n) is 5.57. The molecule has 1 aliphatic heterocycles. The Morgan fingerprint density at radius 1 is 1.10 bits per heavy atom. The van der Waals surface area contributed by atoms with E-state index in [2.05, 4.69) is 44.7 Å². The molecule has 0 aliphatic carbocycles. The lowest BCUT2D eigenvalue weighted by Crippen LogP contribution is -2.25. The number of nitrogens with zero attached hydrogens (tertiary/aromatic N) is 5. The molecule has 0 N–H and O–H groups in total. The monoisotopic (exact) mass is 391 g/mol. The van der Waals surface area contributed by atoms with Gasteiger partial charge in [-0.25, -0.2) is 9.37 Å². The number of benzene rings is 2. The summed E-state index contributed by atoms with van der Waals surface area (Å²) < 4.78 is 20.9. The van der Waals surface area contributed by atoms with Crippen molar-refractivity contribution in [2.45, 2.75) is 38.9 Å². The Morgan fingerprint density at radius 3 is 2.76 bits per heavy atom. The quantitative estimate of drug-likeness (QED) is 0.498. The van der Waals surface area contributed by atoms with Crippen LogP contribution in [0.15, 0.2) is 53.1 Å². The van der Waals surface area contributed by atoms with Gasteiger partial charge in [0.05, 0.1) is 23.6 Å². The zero-order valence-electron chi connectivity index (χ0n) is 16.3. The van der Waals surface area contributed by atoms with Crippen LogP contribution in [0.5, 0.6) is 0 Å². The first-order chi connectivity index (χ1) is 14.2. The number of rotatable bonds is 5. The maximum Gasteiger partial charge on any atom is 0.241 e. The summed E-state index contributed by atoms with van der Waals surface area (Å²) in [6.07, 6.45) is 2.17. The summed E-state index contributed by atoms with van der Waals surface area (Å²) in [5.41, 5.74) is 2.95. The number of aromatic nitrogens is 4. The van der Waals surface area contributed by atoms with E-state index in [9.17, 15) is 4.39 Å². The molecule has 1 fully saturated rings. The minimum atomic E-state index is -0.281. The first-order valence-corrected chi connectivity index (χ1v) is 10.0. The molecule has 4 aromatic rings. The topological polar surface area (TPSA) is 60.0 Å². The second-order valence-electron chi connectivity index (χ2n) is 7.35. The standard InChI is InChI=1S/C22H22FN5O/c1-2-28-18-7-4-3-6-17(18)24-22(28)19-8-5-13-27(19)14-20-25-21(26-29-20)15-9-11-16(23)12-10-15/h3-4,6-7,9-12,19H,2,5,8,13-14H2,1H3/t19-/m1/s1. The molecule has 2 aromatic carbocycles. The third-order valence-corrected chi connectivity index (χ3v) is 5.57. The van der Waals surface area contributed by atoms with Crippen molar-refractivity contribution in [2.24, 2.45) is 0 Å². The van der Waals surface area contributed by atoms with E-state index in [4.69, 9.17) is 9.51 Å². The van der Waals surface area contributed by atoms with Gasteiger partial charge < -0.3 is 9.09 Å². The van der Waals surface area contributed by atoms with Gasteiger partial charge >= 0.3 is 0 Å². The number of para-hydroxylation sites is 2. The van der Waals surface area contributed by atoms with Crippen molar-refractivity contribution < 1.29 is 8.91 Å².